The first-order chi connectivity index (χ1) is 10.2. The van der Waals surface area contributed by atoms with Gasteiger partial charge in [0.25, 0.3) is 0 Å². The van der Waals surface area contributed by atoms with Gasteiger partial charge in [-0.2, -0.15) is 4.98 Å². The average Bonchev–Trinajstić information content (AvgIpc) is 3.15. The van der Waals surface area contributed by atoms with Crippen LogP contribution in [0.5, 0.6) is 0 Å². The molecule has 1 aliphatic rings. The molecule has 112 valence electrons. The largest absolute Gasteiger partial charge is 0.339 e. The second-order valence-corrected chi connectivity index (χ2v) is 6.50. The summed E-state index contributed by atoms with van der Waals surface area (Å²) in [5, 5.41) is 4.04. The van der Waals surface area contributed by atoms with Crippen molar-refractivity contribution in [1.29, 1.82) is 0 Å². The number of benzene rings is 1. The Morgan fingerprint density at radius 2 is 2.14 bits per heavy atom. The van der Waals surface area contributed by atoms with Crippen LogP contribution < -0.4 is 5.73 Å². The standard InChI is InChI=1S/C15H18FN3OS/c16-11-4-3-5-12(8-11)21-9-13-18-14(20-19-13)15(10-17)6-1-2-7-15/h3-5,8H,1-2,6-7,9-10,17H2. The van der Waals surface area contributed by atoms with Gasteiger partial charge in [0.15, 0.2) is 5.82 Å². The summed E-state index contributed by atoms with van der Waals surface area (Å²) in [7, 11) is 0. The molecule has 21 heavy (non-hydrogen) atoms. The van der Waals surface area contributed by atoms with Crippen LogP contribution in [-0.4, -0.2) is 16.7 Å². The van der Waals surface area contributed by atoms with E-state index in [1.807, 2.05) is 6.07 Å². The van der Waals surface area contributed by atoms with E-state index in [4.69, 9.17) is 10.3 Å². The van der Waals surface area contributed by atoms with Gasteiger partial charge in [-0.1, -0.05) is 24.1 Å². The topological polar surface area (TPSA) is 64.9 Å². The van der Waals surface area contributed by atoms with Crippen molar-refractivity contribution in [3.8, 4) is 0 Å². The second-order valence-electron chi connectivity index (χ2n) is 5.45. The predicted octanol–water partition coefficient (Wildman–Crippen LogP) is 3.27. The summed E-state index contributed by atoms with van der Waals surface area (Å²) < 4.78 is 18.5. The van der Waals surface area contributed by atoms with E-state index in [2.05, 4.69) is 10.1 Å². The molecule has 3 rings (SSSR count). The Balaban J connectivity index is 1.68. The minimum absolute atomic E-state index is 0.130. The van der Waals surface area contributed by atoms with Crippen LogP contribution in [0.15, 0.2) is 33.7 Å². The molecule has 0 radical (unpaired) electrons. The van der Waals surface area contributed by atoms with Gasteiger partial charge in [-0.25, -0.2) is 4.39 Å². The summed E-state index contributed by atoms with van der Waals surface area (Å²) >= 11 is 1.49. The highest BCUT2D eigenvalue weighted by Gasteiger charge is 2.39. The van der Waals surface area contributed by atoms with Gasteiger partial charge in [0.1, 0.15) is 5.82 Å². The fraction of sp³-hybridized carbons (Fsp3) is 0.467. The quantitative estimate of drug-likeness (QED) is 0.859. The lowest BCUT2D eigenvalue weighted by atomic mass is 9.86. The Bertz CT molecular complexity index is 610. The van der Waals surface area contributed by atoms with Crippen molar-refractivity contribution in [1.82, 2.24) is 10.1 Å². The van der Waals surface area contributed by atoms with Crippen LogP contribution in [0.4, 0.5) is 4.39 Å². The summed E-state index contributed by atoms with van der Waals surface area (Å²) in [6.45, 7) is 0.547. The maximum Gasteiger partial charge on any atom is 0.234 e. The first-order valence-corrected chi connectivity index (χ1v) is 8.12. The van der Waals surface area contributed by atoms with Crippen LogP contribution in [0.3, 0.4) is 0 Å². The number of hydrogen-bond acceptors (Lipinski definition) is 5. The molecule has 2 N–H and O–H groups in total. The van der Waals surface area contributed by atoms with Gasteiger partial charge in [-0.3, -0.25) is 0 Å². The van der Waals surface area contributed by atoms with Crippen molar-refractivity contribution < 1.29 is 8.91 Å². The van der Waals surface area contributed by atoms with Crippen LogP contribution in [-0.2, 0) is 11.2 Å². The number of nitrogens with two attached hydrogens (primary N) is 1. The van der Waals surface area contributed by atoms with E-state index in [1.54, 1.807) is 6.07 Å². The van der Waals surface area contributed by atoms with Crippen LogP contribution in [0.2, 0.25) is 0 Å². The normalized spacial score (nSPS) is 17.2. The third kappa shape index (κ3) is 3.11. The number of halogens is 1. The molecule has 0 saturated heterocycles. The minimum Gasteiger partial charge on any atom is -0.339 e. The smallest absolute Gasteiger partial charge is 0.234 e. The van der Waals surface area contributed by atoms with E-state index >= 15 is 0 Å². The first kappa shape index (κ1) is 14.5. The summed E-state index contributed by atoms with van der Waals surface area (Å²) in [6, 6.07) is 6.50. The molecule has 1 aromatic heterocycles. The monoisotopic (exact) mass is 307 g/mol. The van der Waals surface area contributed by atoms with E-state index in [9.17, 15) is 4.39 Å². The Kier molecular flexibility index (Phi) is 4.26. The Labute approximate surface area is 127 Å². The molecule has 0 amide bonds. The number of rotatable bonds is 5. The molecular weight excluding hydrogens is 289 g/mol. The zero-order chi connectivity index (χ0) is 14.7. The van der Waals surface area contributed by atoms with E-state index in [-0.39, 0.29) is 11.2 Å². The highest BCUT2D eigenvalue weighted by atomic mass is 32.2. The predicted molar refractivity (Wildman–Crippen MR) is 79.5 cm³/mol. The van der Waals surface area contributed by atoms with Crippen molar-refractivity contribution in [2.45, 2.75) is 41.7 Å². The minimum atomic E-state index is -0.234. The number of aromatic nitrogens is 2. The maximum absolute atomic E-state index is 13.1. The summed E-state index contributed by atoms with van der Waals surface area (Å²) in [4.78, 5) is 5.36. The Morgan fingerprint density at radius 1 is 1.33 bits per heavy atom. The average molecular weight is 307 g/mol. The molecule has 1 aliphatic carbocycles. The molecule has 6 heteroatoms. The molecule has 1 fully saturated rings. The van der Waals surface area contributed by atoms with Crippen LogP contribution >= 0.6 is 11.8 Å². The van der Waals surface area contributed by atoms with E-state index in [0.29, 0.717) is 24.0 Å². The highest BCUT2D eigenvalue weighted by Crippen LogP contribution is 2.39. The Hall–Kier alpha value is -1.40. The summed E-state index contributed by atoms with van der Waals surface area (Å²) in [5.74, 6) is 1.63. The third-order valence-corrected chi connectivity index (χ3v) is 5.03. The number of nitrogens with zero attached hydrogens (tertiary/aromatic N) is 2. The molecule has 2 aromatic rings. The van der Waals surface area contributed by atoms with Crippen molar-refractivity contribution in [2.75, 3.05) is 6.54 Å². The molecule has 0 bridgehead atoms. The molecule has 1 aromatic carbocycles. The molecule has 0 unspecified atom stereocenters. The molecule has 1 saturated carbocycles. The van der Waals surface area contributed by atoms with E-state index in [0.717, 1.165) is 30.6 Å². The van der Waals surface area contributed by atoms with E-state index < -0.39 is 0 Å². The fourth-order valence-electron chi connectivity index (χ4n) is 2.79. The van der Waals surface area contributed by atoms with E-state index in [1.165, 1.54) is 23.9 Å². The lowest BCUT2D eigenvalue weighted by Crippen LogP contribution is -2.32. The van der Waals surface area contributed by atoms with Gasteiger partial charge in [0.05, 0.1) is 11.2 Å². The summed E-state index contributed by atoms with van der Waals surface area (Å²) in [5.41, 5.74) is 5.79. The van der Waals surface area contributed by atoms with Crippen molar-refractivity contribution in [3.63, 3.8) is 0 Å². The Morgan fingerprint density at radius 3 is 2.86 bits per heavy atom. The van der Waals surface area contributed by atoms with Gasteiger partial charge < -0.3 is 10.3 Å². The van der Waals surface area contributed by atoms with Crippen LogP contribution in [0, 0.1) is 5.82 Å². The highest BCUT2D eigenvalue weighted by molar-refractivity contribution is 7.98. The van der Waals surface area contributed by atoms with Gasteiger partial charge in [-0.15, -0.1) is 11.8 Å². The molecule has 0 spiro atoms. The number of thioether (sulfide) groups is 1. The second kappa shape index (κ2) is 6.15. The summed E-state index contributed by atoms with van der Waals surface area (Å²) in [6.07, 6.45) is 4.35. The van der Waals surface area contributed by atoms with Gasteiger partial charge >= 0.3 is 0 Å². The van der Waals surface area contributed by atoms with Crippen molar-refractivity contribution >= 4 is 11.8 Å². The zero-order valence-electron chi connectivity index (χ0n) is 11.7. The van der Waals surface area contributed by atoms with Gasteiger partial charge in [0, 0.05) is 11.4 Å². The third-order valence-electron chi connectivity index (χ3n) is 4.04. The van der Waals surface area contributed by atoms with Crippen LogP contribution in [0.1, 0.15) is 37.4 Å². The zero-order valence-corrected chi connectivity index (χ0v) is 12.5. The lowest BCUT2D eigenvalue weighted by Gasteiger charge is -2.21. The molecular formula is C15H18FN3OS. The number of hydrogen-bond donors (Lipinski definition) is 1. The molecule has 0 atom stereocenters. The molecule has 4 nitrogen and oxygen atoms in total. The van der Waals surface area contributed by atoms with Crippen molar-refractivity contribution in [3.05, 3.63) is 41.8 Å². The lowest BCUT2D eigenvalue weighted by molar-refractivity contribution is 0.283. The maximum atomic E-state index is 13.1. The van der Waals surface area contributed by atoms with Gasteiger partial charge in [-0.05, 0) is 31.0 Å². The van der Waals surface area contributed by atoms with Gasteiger partial charge in [0.2, 0.25) is 5.89 Å². The molecule has 1 heterocycles. The fourth-order valence-corrected chi connectivity index (χ4v) is 3.57. The van der Waals surface area contributed by atoms with Crippen LogP contribution in [0.25, 0.3) is 0 Å². The first-order valence-electron chi connectivity index (χ1n) is 7.13. The SMILES string of the molecule is NCC1(c2nc(CSc3cccc(F)c3)no2)CCCC1. The van der Waals surface area contributed by atoms with Crippen molar-refractivity contribution in [2.24, 2.45) is 5.73 Å². The molecule has 0 aliphatic heterocycles.